The van der Waals surface area contributed by atoms with Crippen LogP contribution in [0.3, 0.4) is 0 Å². The van der Waals surface area contributed by atoms with Crippen molar-refractivity contribution in [2.45, 2.75) is 70.9 Å². The van der Waals surface area contributed by atoms with Crippen molar-refractivity contribution < 1.29 is 0 Å². The van der Waals surface area contributed by atoms with Gasteiger partial charge in [-0.3, -0.25) is 0 Å². The average Bonchev–Trinajstić information content (AvgIpc) is 3.72. The molecule has 6 aliphatic rings. The molecule has 0 spiro atoms. The minimum absolute atomic E-state index is 0.209. The number of aromatic nitrogens is 2. The molecule has 0 saturated heterocycles. The number of amidine groups is 2. The topological polar surface area (TPSA) is 54.6 Å². The maximum absolute atomic E-state index is 5.48. The van der Waals surface area contributed by atoms with E-state index in [1.54, 1.807) is 0 Å². The van der Waals surface area contributed by atoms with Gasteiger partial charge in [0.25, 0.3) is 0 Å². The van der Waals surface area contributed by atoms with Crippen molar-refractivity contribution in [3.05, 3.63) is 209 Å². The third-order valence-corrected chi connectivity index (χ3v) is 14.3. The van der Waals surface area contributed by atoms with Crippen LogP contribution >= 0.6 is 0 Å². The summed E-state index contributed by atoms with van der Waals surface area (Å²) in [4.78, 5) is 16.0. The molecular weight excluding hydrogens is 791 g/mol. The van der Waals surface area contributed by atoms with Gasteiger partial charge in [0.2, 0.25) is 0 Å². The molecule has 0 fully saturated rings. The average molecular weight is 844 g/mol. The van der Waals surface area contributed by atoms with Crippen LogP contribution in [0.4, 0.5) is 0 Å². The SMILES string of the molecule is CC1C=CC=C(C2=NC(C3=CC=CCC3)N=C(C3=CCC(c4c(C5=CC=C(c6nc7ccccc7c7c6c6ccccc6n7-c6ccccc6)CC5)ccc5c4C=CC(C)C5)C=C3)N2)C1. The van der Waals surface area contributed by atoms with Crippen LogP contribution in [-0.2, 0) is 6.42 Å². The minimum Gasteiger partial charge on any atom is -0.325 e. The van der Waals surface area contributed by atoms with E-state index < -0.39 is 0 Å². The first kappa shape index (κ1) is 39.5. The highest BCUT2D eigenvalue weighted by atomic mass is 15.2. The summed E-state index contributed by atoms with van der Waals surface area (Å²) < 4.78 is 2.44. The predicted octanol–water partition coefficient (Wildman–Crippen LogP) is 14.3. The van der Waals surface area contributed by atoms with Gasteiger partial charge in [-0.15, -0.1) is 0 Å². The third-order valence-electron chi connectivity index (χ3n) is 14.3. The lowest BCUT2D eigenvalue weighted by Gasteiger charge is -2.30. The summed E-state index contributed by atoms with van der Waals surface area (Å²) in [5.74, 6) is 3.13. The number of pyridine rings is 1. The summed E-state index contributed by atoms with van der Waals surface area (Å²) in [5, 5.41) is 7.35. The second kappa shape index (κ2) is 16.5. The van der Waals surface area contributed by atoms with Crippen LogP contribution in [0.2, 0.25) is 0 Å². The van der Waals surface area contributed by atoms with Crippen molar-refractivity contribution in [1.82, 2.24) is 14.9 Å². The van der Waals surface area contributed by atoms with Crippen LogP contribution in [0.25, 0.3) is 55.6 Å². The normalized spacial score (nSPS) is 22.7. The Labute approximate surface area is 381 Å². The number of nitrogens with one attached hydrogen (secondary N) is 1. The zero-order valence-corrected chi connectivity index (χ0v) is 37.2. The number of aliphatic imine (C=N–C) groups is 2. The van der Waals surface area contributed by atoms with Gasteiger partial charge in [-0.25, -0.2) is 15.0 Å². The van der Waals surface area contributed by atoms with E-state index in [0.29, 0.717) is 11.8 Å². The first-order valence-corrected chi connectivity index (χ1v) is 23.7. The number of para-hydroxylation sites is 3. The number of benzene rings is 4. The maximum Gasteiger partial charge on any atom is 0.166 e. The first-order chi connectivity index (χ1) is 32.0. The Morgan fingerprint density at radius 2 is 1.46 bits per heavy atom. The molecule has 12 rings (SSSR count). The van der Waals surface area contributed by atoms with Crippen molar-refractivity contribution in [3.63, 3.8) is 0 Å². The predicted molar refractivity (Wildman–Crippen MR) is 273 cm³/mol. The van der Waals surface area contributed by atoms with Crippen molar-refractivity contribution in [3.8, 4) is 5.69 Å². The van der Waals surface area contributed by atoms with Crippen molar-refractivity contribution >= 4 is 61.6 Å². The lowest BCUT2D eigenvalue weighted by Crippen LogP contribution is -2.39. The fourth-order valence-corrected chi connectivity index (χ4v) is 11.0. The van der Waals surface area contributed by atoms with E-state index in [1.165, 1.54) is 71.7 Å². The molecule has 0 radical (unpaired) electrons. The largest absolute Gasteiger partial charge is 0.325 e. The van der Waals surface area contributed by atoms with Gasteiger partial charge < -0.3 is 9.88 Å². The number of hydrogen-bond acceptors (Lipinski definition) is 4. The molecule has 5 nitrogen and oxygen atoms in total. The minimum atomic E-state index is -0.209. The molecule has 5 aliphatic carbocycles. The van der Waals surface area contributed by atoms with Gasteiger partial charge >= 0.3 is 0 Å². The van der Waals surface area contributed by atoms with Gasteiger partial charge in [0.1, 0.15) is 11.7 Å². The second-order valence-electron chi connectivity index (χ2n) is 18.7. The van der Waals surface area contributed by atoms with Crippen LogP contribution < -0.4 is 5.32 Å². The molecule has 4 unspecified atom stereocenters. The number of allylic oxidation sites excluding steroid dienone is 13. The van der Waals surface area contributed by atoms with Crippen LogP contribution in [-0.4, -0.2) is 27.4 Å². The Balaban J connectivity index is 0.918. The van der Waals surface area contributed by atoms with E-state index in [4.69, 9.17) is 15.0 Å². The quantitative estimate of drug-likeness (QED) is 0.174. The van der Waals surface area contributed by atoms with E-state index in [0.717, 1.165) is 79.1 Å². The lowest BCUT2D eigenvalue weighted by molar-refractivity contribution is 0.707. The summed E-state index contributed by atoms with van der Waals surface area (Å²) in [6.45, 7) is 4.60. The Morgan fingerprint density at radius 3 is 2.28 bits per heavy atom. The van der Waals surface area contributed by atoms with Crippen molar-refractivity contribution in [2.24, 2.45) is 21.8 Å². The van der Waals surface area contributed by atoms with E-state index in [2.05, 4.69) is 194 Å². The Bertz CT molecular complexity index is 3300. The highest BCUT2D eigenvalue weighted by Gasteiger charge is 2.29. The van der Waals surface area contributed by atoms with E-state index in [9.17, 15) is 0 Å². The van der Waals surface area contributed by atoms with Crippen LogP contribution in [0, 0.1) is 11.8 Å². The van der Waals surface area contributed by atoms with Gasteiger partial charge in [0, 0.05) is 33.3 Å². The molecule has 1 N–H and O–H groups in total. The van der Waals surface area contributed by atoms with Crippen LogP contribution in [0.15, 0.2) is 191 Å². The highest BCUT2D eigenvalue weighted by molar-refractivity contribution is 6.21. The van der Waals surface area contributed by atoms with Gasteiger partial charge in [0.15, 0.2) is 6.17 Å². The molecule has 0 amide bonds. The monoisotopic (exact) mass is 843 g/mol. The van der Waals surface area contributed by atoms with Gasteiger partial charge in [0.05, 0.1) is 22.2 Å². The second-order valence-corrected chi connectivity index (χ2v) is 18.7. The van der Waals surface area contributed by atoms with Crippen LogP contribution in [0.1, 0.15) is 86.2 Å². The number of rotatable bonds is 7. The maximum atomic E-state index is 5.48. The summed E-state index contributed by atoms with van der Waals surface area (Å²) in [5.41, 5.74) is 17.7. The van der Waals surface area contributed by atoms with Gasteiger partial charge in [-0.05, 0) is 126 Å². The van der Waals surface area contributed by atoms with E-state index >= 15 is 0 Å². The summed E-state index contributed by atoms with van der Waals surface area (Å²) in [6, 6.07) is 33.1. The van der Waals surface area contributed by atoms with Crippen molar-refractivity contribution in [2.75, 3.05) is 0 Å². The van der Waals surface area contributed by atoms with Crippen LogP contribution in [0.5, 0.6) is 0 Å². The summed E-state index contributed by atoms with van der Waals surface area (Å²) in [6.07, 6.45) is 36.7. The molecule has 4 aromatic carbocycles. The fourth-order valence-electron chi connectivity index (χ4n) is 11.0. The van der Waals surface area contributed by atoms with Gasteiger partial charge in [-0.1, -0.05) is 160 Å². The molecular formula is C60H53N5. The standard InChI is InChI=1S/C60H53N5/c1-38-14-13-17-46(37-38)60-63-58(43-15-5-3-6-16-43)62-59(64-60)44-31-27-41(28-32-44)54-48(35-33-45-36-39(2)24-34-49(45)54)40-25-29-42(30-26-40)56-55-51-21-10-12-23-53(51)65(47-18-7-4-8-19-47)57(55)50-20-9-11-22-52(50)61-56/h3-5,7-15,17-25,27,29,31-35,38-39,41,58H,6,16,26,28,30,36-37H2,1-2H3,(H,62,63,64). The Morgan fingerprint density at radius 1 is 0.662 bits per heavy atom. The molecule has 0 saturated carbocycles. The van der Waals surface area contributed by atoms with E-state index in [-0.39, 0.29) is 12.1 Å². The van der Waals surface area contributed by atoms with Gasteiger partial charge in [-0.2, -0.15) is 0 Å². The fraction of sp³-hybridized carbons (Fsp3) is 0.217. The molecule has 2 aromatic heterocycles. The molecule has 6 aromatic rings. The lowest BCUT2D eigenvalue weighted by atomic mass is 9.76. The molecule has 1 aliphatic heterocycles. The Hall–Kier alpha value is -7.11. The first-order valence-electron chi connectivity index (χ1n) is 23.7. The number of nitrogens with zero attached hydrogens (tertiary/aromatic N) is 4. The van der Waals surface area contributed by atoms with E-state index in [1.807, 2.05) is 0 Å². The van der Waals surface area contributed by atoms with Crippen molar-refractivity contribution in [1.29, 1.82) is 0 Å². The summed E-state index contributed by atoms with van der Waals surface area (Å²) >= 11 is 0. The zero-order chi connectivity index (χ0) is 43.4. The molecule has 4 atom stereocenters. The number of hydrogen-bond donors (Lipinski definition) is 1. The molecule has 5 heteroatoms. The molecule has 65 heavy (non-hydrogen) atoms. The zero-order valence-electron chi connectivity index (χ0n) is 37.2. The molecule has 0 bridgehead atoms. The highest BCUT2D eigenvalue weighted by Crippen LogP contribution is 2.45. The molecule has 318 valence electrons. The smallest absolute Gasteiger partial charge is 0.166 e. The molecule has 3 heterocycles. The Kier molecular flexibility index (Phi) is 10.0. The third kappa shape index (κ3) is 7.14. The summed E-state index contributed by atoms with van der Waals surface area (Å²) in [7, 11) is 0. The number of fused-ring (bicyclic) bond motifs is 6.